The van der Waals surface area contributed by atoms with Crippen LogP contribution >= 0.6 is 12.4 Å². The van der Waals surface area contributed by atoms with Gasteiger partial charge in [0.25, 0.3) is 0 Å². The van der Waals surface area contributed by atoms with Crippen molar-refractivity contribution in [1.29, 1.82) is 0 Å². The predicted molar refractivity (Wildman–Crippen MR) is 91.9 cm³/mol. The molecule has 1 N–H and O–H groups in total. The Labute approximate surface area is 148 Å². The van der Waals surface area contributed by atoms with Gasteiger partial charge in [-0.25, -0.2) is 0 Å². The maximum Gasteiger partial charge on any atom is 0.387 e. The van der Waals surface area contributed by atoms with Crippen LogP contribution in [-0.2, 0) is 11.2 Å². The van der Waals surface area contributed by atoms with Crippen LogP contribution in [0.4, 0.5) is 8.78 Å². The molecule has 24 heavy (non-hydrogen) atoms. The summed E-state index contributed by atoms with van der Waals surface area (Å²) in [5.74, 6) is 0.711. The van der Waals surface area contributed by atoms with Crippen LogP contribution in [0, 0.1) is 5.92 Å². The second-order valence-corrected chi connectivity index (χ2v) is 5.88. The van der Waals surface area contributed by atoms with E-state index < -0.39 is 6.61 Å². The van der Waals surface area contributed by atoms with E-state index in [2.05, 4.69) is 10.1 Å². The van der Waals surface area contributed by atoms with Crippen molar-refractivity contribution in [2.75, 3.05) is 26.7 Å². The second kappa shape index (κ2) is 10.5. The van der Waals surface area contributed by atoms with Crippen LogP contribution in [-0.4, -0.2) is 44.1 Å². The summed E-state index contributed by atoms with van der Waals surface area (Å²) in [6.45, 7) is -0.401. The molecule has 1 aliphatic rings. The van der Waals surface area contributed by atoms with Crippen LogP contribution in [0.15, 0.2) is 24.3 Å². The number of likely N-dealkylation sites (tertiary alicyclic amines) is 1. The smallest absolute Gasteiger partial charge is 0.387 e. The second-order valence-electron chi connectivity index (χ2n) is 5.88. The highest BCUT2D eigenvalue weighted by molar-refractivity contribution is 5.85. The number of alkyl halides is 2. The van der Waals surface area contributed by atoms with Gasteiger partial charge in [0.05, 0.1) is 6.42 Å². The molecule has 1 aromatic carbocycles. The van der Waals surface area contributed by atoms with Gasteiger partial charge in [0.1, 0.15) is 5.75 Å². The number of para-hydroxylation sites is 1. The Bertz CT molecular complexity index is 509. The Morgan fingerprint density at radius 1 is 1.33 bits per heavy atom. The van der Waals surface area contributed by atoms with Gasteiger partial charge in [-0.3, -0.25) is 4.79 Å². The first kappa shape index (κ1) is 20.6. The zero-order chi connectivity index (χ0) is 16.7. The third-order valence-corrected chi connectivity index (χ3v) is 4.30. The average Bonchev–Trinajstić information content (AvgIpc) is 2.54. The van der Waals surface area contributed by atoms with Crippen molar-refractivity contribution in [3.8, 4) is 5.75 Å². The van der Waals surface area contributed by atoms with E-state index in [0.717, 1.165) is 38.9 Å². The van der Waals surface area contributed by atoms with E-state index in [9.17, 15) is 13.6 Å². The quantitative estimate of drug-likeness (QED) is 0.810. The summed E-state index contributed by atoms with van der Waals surface area (Å²) in [6.07, 6.45) is 3.23. The van der Waals surface area contributed by atoms with Crippen molar-refractivity contribution in [2.24, 2.45) is 5.92 Å². The molecule has 2 rings (SSSR count). The number of carbonyl (C=O) groups excluding carboxylic acids is 1. The fraction of sp³-hybridized carbons (Fsp3) is 0.588. The zero-order valence-electron chi connectivity index (χ0n) is 13.8. The van der Waals surface area contributed by atoms with Gasteiger partial charge in [0.2, 0.25) is 5.91 Å². The number of carbonyl (C=O) groups is 1. The molecule has 0 unspecified atom stereocenters. The van der Waals surface area contributed by atoms with E-state index in [4.69, 9.17) is 0 Å². The van der Waals surface area contributed by atoms with E-state index in [0.29, 0.717) is 11.5 Å². The molecule has 1 aliphatic heterocycles. The lowest BCUT2D eigenvalue weighted by molar-refractivity contribution is -0.132. The van der Waals surface area contributed by atoms with Gasteiger partial charge in [-0.15, -0.1) is 12.4 Å². The molecule has 1 fully saturated rings. The van der Waals surface area contributed by atoms with Crippen molar-refractivity contribution in [3.63, 3.8) is 0 Å². The van der Waals surface area contributed by atoms with E-state index in [1.54, 1.807) is 18.2 Å². The van der Waals surface area contributed by atoms with Crippen LogP contribution in [0.25, 0.3) is 0 Å². The van der Waals surface area contributed by atoms with Gasteiger partial charge in [-0.1, -0.05) is 18.2 Å². The first-order valence-corrected chi connectivity index (χ1v) is 8.05. The number of halogens is 3. The molecule has 0 aromatic heterocycles. The SMILES string of the molecule is CNCCC1CCN(C(=O)Cc2ccccc2OC(F)F)CC1.Cl. The summed E-state index contributed by atoms with van der Waals surface area (Å²) in [5, 5.41) is 3.15. The van der Waals surface area contributed by atoms with Crippen LogP contribution in [0.2, 0.25) is 0 Å². The van der Waals surface area contributed by atoms with Crippen molar-refractivity contribution < 1.29 is 18.3 Å². The Balaban J connectivity index is 0.00000288. The van der Waals surface area contributed by atoms with Crippen molar-refractivity contribution in [1.82, 2.24) is 10.2 Å². The maximum atomic E-state index is 12.4. The lowest BCUT2D eigenvalue weighted by atomic mass is 9.93. The van der Waals surface area contributed by atoms with Gasteiger partial charge >= 0.3 is 6.61 Å². The molecule has 1 saturated heterocycles. The van der Waals surface area contributed by atoms with Crippen molar-refractivity contribution >= 4 is 18.3 Å². The molecule has 4 nitrogen and oxygen atoms in total. The Morgan fingerprint density at radius 3 is 2.62 bits per heavy atom. The minimum absolute atomic E-state index is 0. The van der Waals surface area contributed by atoms with Gasteiger partial charge in [-0.05, 0) is 44.8 Å². The molecule has 1 amide bonds. The first-order valence-electron chi connectivity index (χ1n) is 8.05. The molecular formula is C17H25ClF2N2O2. The van der Waals surface area contributed by atoms with Crippen LogP contribution in [0.5, 0.6) is 5.75 Å². The number of nitrogens with one attached hydrogen (secondary N) is 1. The van der Waals surface area contributed by atoms with Gasteiger partial charge in [0.15, 0.2) is 0 Å². The minimum atomic E-state index is -2.88. The lowest BCUT2D eigenvalue weighted by Crippen LogP contribution is -2.39. The molecule has 0 atom stereocenters. The van der Waals surface area contributed by atoms with Gasteiger partial charge < -0.3 is 15.0 Å². The molecule has 0 radical (unpaired) electrons. The van der Waals surface area contributed by atoms with Crippen LogP contribution in [0.1, 0.15) is 24.8 Å². The monoisotopic (exact) mass is 362 g/mol. The van der Waals surface area contributed by atoms with Crippen LogP contribution < -0.4 is 10.1 Å². The highest BCUT2D eigenvalue weighted by atomic mass is 35.5. The zero-order valence-corrected chi connectivity index (χ0v) is 14.7. The number of nitrogens with zero attached hydrogens (tertiary/aromatic N) is 1. The van der Waals surface area contributed by atoms with Gasteiger partial charge in [-0.2, -0.15) is 8.78 Å². The minimum Gasteiger partial charge on any atom is -0.435 e. The summed E-state index contributed by atoms with van der Waals surface area (Å²) in [6, 6.07) is 6.48. The molecule has 7 heteroatoms. The summed E-state index contributed by atoms with van der Waals surface area (Å²) in [5.41, 5.74) is 0.509. The fourth-order valence-electron chi connectivity index (χ4n) is 2.96. The summed E-state index contributed by atoms with van der Waals surface area (Å²) >= 11 is 0. The van der Waals surface area contributed by atoms with E-state index >= 15 is 0 Å². The number of ether oxygens (including phenoxy) is 1. The molecule has 0 aliphatic carbocycles. The Kier molecular flexibility index (Phi) is 9.00. The van der Waals surface area contributed by atoms with E-state index in [1.165, 1.54) is 6.07 Å². The molecule has 136 valence electrons. The molecular weight excluding hydrogens is 338 g/mol. The van der Waals surface area contributed by atoms with Crippen molar-refractivity contribution in [2.45, 2.75) is 32.3 Å². The predicted octanol–water partition coefficient (Wildman–Crippen LogP) is 3.10. The third-order valence-electron chi connectivity index (χ3n) is 4.30. The molecule has 1 aromatic rings. The largest absolute Gasteiger partial charge is 0.435 e. The highest BCUT2D eigenvalue weighted by Gasteiger charge is 2.23. The van der Waals surface area contributed by atoms with Crippen molar-refractivity contribution in [3.05, 3.63) is 29.8 Å². The van der Waals surface area contributed by atoms with E-state index in [1.807, 2.05) is 11.9 Å². The Morgan fingerprint density at radius 2 is 2.00 bits per heavy atom. The molecule has 0 spiro atoms. The average molecular weight is 363 g/mol. The van der Waals surface area contributed by atoms with Gasteiger partial charge in [0, 0.05) is 18.7 Å². The molecule has 1 heterocycles. The summed E-state index contributed by atoms with van der Waals surface area (Å²) in [7, 11) is 1.94. The normalized spacial score (nSPS) is 15.2. The summed E-state index contributed by atoms with van der Waals surface area (Å²) < 4.78 is 29.3. The standard InChI is InChI=1S/C17H24F2N2O2.ClH/c1-20-9-6-13-7-10-21(11-8-13)16(22)12-14-4-2-3-5-15(14)23-17(18)19;/h2-5,13,17,20H,6-12H2,1H3;1H. The number of benzene rings is 1. The number of rotatable bonds is 7. The highest BCUT2D eigenvalue weighted by Crippen LogP contribution is 2.24. The summed E-state index contributed by atoms with van der Waals surface area (Å²) in [4.78, 5) is 14.2. The lowest BCUT2D eigenvalue weighted by Gasteiger charge is -2.32. The number of hydrogen-bond acceptors (Lipinski definition) is 3. The Hall–Kier alpha value is -1.40. The third kappa shape index (κ3) is 6.24. The van der Waals surface area contributed by atoms with Crippen LogP contribution in [0.3, 0.4) is 0 Å². The van der Waals surface area contributed by atoms with E-state index in [-0.39, 0.29) is 30.5 Å². The fourth-order valence-corrected chi connectivity index (χ4v) is 2.96. The number of amides is 1. The maximum absolute atomic E-state index is 12.4. The molecule has 0 bridgehead atoms. The first-order chi connectivity index (χ1) is 11.1. The number of piperidine rings is 1. The number of hydrogen-bond donors (Lipinski definition) is 1. The topological polar surface area (TPSA) is 41.6 Å². The molecule has 0 saturated carbocycles.